The van der Waals surface area contributed by atoms with Gasteiger partial charge < -0.3 is 15.4 Å². The number of nitrogens with two attached hydrogens (primary N) is 1. The van der Waals surface area contributed by atoms with Gasteiger partial charge in [0.05, 0.1) is 13.2 Å². The van der Waals surface area contributed by atoms with Crippen LogP contribution in [0.5, 0.6) is 0 Å². The highest BCUT2D eigenvalue weighted by Crippen LogP contribution is 2.30. The molecule has 1 saturated heterocycles. The van der Waals surface area contributed by atoms with E-state index in [2.05, 4.69) is 5.10 Å². The quantitative estimate of drug-likeness (QED) is 0.815. The SMILES string of the molecule is CCn1nc(N2CCOCC2)c(S(C)(=O)=O)c1N. The van der Waals surface area contributed by atoms with Crippen molar-refractivity contribution < 1.29 is 13.2 Å². The summed E-state index contributed by atoms with van der Waals surface area (Å²) in [5.74, 6) is 0.654. The highest BCUT2D eigenvalue weighted by molar-refractivity contribution is 7.91. The topological polar surface area (TPSA) is 90.5 Å². The summed E-state index contributed by atoms with van der Waals surface area (Å²) in [7, 11) is -3.39. The van der Waals surface area contributed by atoms with Crippen LogP contribution < -0.4 is 10.6 Å². The normalized spacial score (nSPS) is 17.1. The molecule has 1 aliphatic heterocycles. The van der Waals surface area contributed by atoms with Crippen LogP contribution in [0, 0.1) is 0 Å². The third-order valence-corrected chi connectivity index (χ3v) is 4.04. The lowest BCUT2D eigenvalue weighted by atomic mass is 10.4. The smallest absolute Gasteiger partial charge is 0.182 e. The largest absolute Gasteiger partial charge is 0.383 e. The molecule has 1 aliphatic rings. The van der Waals surface area contributed by atoms with Crippen LogP contribution in [0.2, 0.25) is 0 Å². The fraction of sp³-hybridized carbons (Fsp3) is 0.700. The third kappa shape index (κ3) is 2.30. The van der Waals surface area contributed by atoms with E-state index in [1.807, 2.05) is 11.8 Å². The predicted octanol–water partition coefficient (Wildman–Crippen LogP) is -0.275. The number of morpholine rings is 1. The number of rotatable bonds is 3. The molecule has 0 unspecified atom stereocenters. The minimum absolute atomic E-state index is 0.131. The number of ether oxygens (including phenoxy) is 1. The highest BCUT2D eigenvalue weighted by Gasteiger charge is 2.28. The number of aryl methyl sites for hydroxylation is 1. The molecule has 18 heavy (non-hydrogen) atoms. The number of nitrogens with zero attached hydrogens (tertiary/aromatic N) is 3. The fourth-order valence-corrected chi connectivity index (χ4v) is 3.01. The highest BCUT2D eigenvalue weighted by atomic mass is 32.2. The summed E-state index contributed by atoms with van der Waals surface area (Å²) in [5.41, 5.74) is 5.87. The minimum Gasteiger partial charge on any atom is -0.383 e. The number of hydrogen-bond acceptors (Lipinski definition) is 6. The third-order valence-electron chi connectivity index (χ3n) is 2.91. The van der Waals surface area contributed by atoms with Crippen LogP contribution in [0.15, 0.2) is 4.90 Å². The lowest BCUT2D eigenvalue weighted by Crippen LogP contribution is -2.37. The van der Waals surface area contributed by atoms with Gasteiger partial charge in [0.1, 0.15) is 5.82 Å². The summed E-state index contributed by atoms with van der Waals surface area (Å²) in [6, 6.07) is 0. The van der Waals surface area contributed by atoms with Gasteiger partial charge in [0.15, 0.2) is 20.6 Å². The number of aromatic nitrogens is 2. The van der Waals surface area contributed by atoms with Crippen LogP contribution in [-0.4, -0.2) is 50.8 Å². The maximum Gasteiger partial charge on any atom is 0.182 e. The summed E-state index contributed by atoms with van der Waals surface area (Å²) < 4.78 is 30.5. The van der Waals surface area contributed by atoms with Crippen LogP contribution in [0.4, 0.5) is 11.6 Å². The summed E-state index contributed by atoms with van der Waals surface area (Å²) in [6.45, 7) is 4.81. The van der Waals surface area contributed by atoms with Crippen molar-refractivity contribution in [3.8, 4) is 0 Å². The Labute approximate surface area is 106 Å². The molecule has 0 saturated carbocycles. The van der Waals surface area contributed by atoms with Crippen molar-refractivity contribution in [3.63, 3.8) is 0 Å². The number of hydrogen-bond donors (Lipinski definition) is 1. The molecular weight excluding hydrogens is 256 g/mol. The molecule has 2 heterocycles. The molecule has 1 aromatic heterocycles. The van der Waals surface area contributed by atoms with E-state index < -0.39 is 9.84 Å². The second-order valence-electron chi connectivity index (χ2n) is 4.23. The van der Waals surface area contributed by atoms with E-state index in [0.717, 1.165) is 6.26 Å². The number of anilines is 2. The Hall–Kier alpha value is -1.28. The molecule has 0 atom stereocenters. The molecular formula is C10H18N4O3S. The average Bonchev–Trinajstić information content (AvgIpc) is 2.67. The van der Waals surface area contributed by atoms with Crippen molar-refractivity contribution >= 4 is 21.5 Å². The van der Waals surface area contributed by atoms with Crippen molar-refractivity contribution in [1.29, 1.82) is 0 Å². The molecule has 102 valence electrons. The van der Waals surface area contributed by atoms with E-state index in [1.165, 1.54) is 4.68 Å². The van der Waals surface area contributed by atoms with Crippen LogP contribution in [0.1, 0.15) is 6.92 Å². The van der Waals surface area contributed by atoms with Gasteiger partial charge in [-0.15, -0.1) is 0 Å². The van der Waals surface area contributed by atoms with Crippen LogP contribution >= 0.6 is 0 Å². The van der Waals surface area contributed by atoms with Gasteiger partial charge in [-0.1, -0.05) is 0 Å². The molecule has 0 amide bonds. The molecule has 1 fully saturated rings. The van der Waals surface area contributed by atoms with E-state index in [4.69, 9.17) is 10.5 Å². The Balaban J connectivity index is 2.51. The first-order valence-electron chi connectivity index (χ1n) is 5.84. The number of sulfone groups is 1. The Morgan fingerprint density at radius 2 is 2.00 bits per heavy atom. The Kier molecular flexibility index (Phi) is 3.49. The van der Waals surface area contributed by atoms with Crippen molar-refractivity contribution in [2.24, 2.45) is 0 Å². The molecule has 0 radical (unpaired) electrons. The standard InChI is InChI=1S/C10H18N4O3S/c1-3-14-9(11)8(18(2,15)16)10(12-14)13-4-6-17-7-5-13/h3-7,11H2,1-2H3. The molecule has 0 aromatic carbocycles. The van der Waals surface area contributed by atoms with Crippen molar-refractivity contribution in [2.45, 2.75) is 18.4 Å². The van der Waals surface area contributed by atoms with E-state index in [-0.39, 0.29) is 10.7 Å². The van der Waals surface area contributed by atoms with Crippen molar-refractivity contribution in [3.05, 3.63) is 0 Å². The zero-order valence-electron chi connectivity index (χ0n) is 10.6. The van der Waals surface area contributed by atoms with Gasteiger partial charge in [-0.3, -0.25) is 0 Å². The summed E-state index contributed by atoms with van der Waals surface area (Å²) in [4.78, 5) is 2.04. The maximum atomic E-state index is 11.9. The van der Waals surface area contributed by atoms with Crippen molar-refractivity contribution in [1.82, 2.24) is 9.78 Å². The summed E-state index contributed by atoms with van der Waals surface area (Å²) in [5, 5.41) is 4.30. The van der Waals surface area contributed by atoms with Gasteiger partial charge in [-0.2, -0.15) is 5.10 Å². The first-order valence-corrected chi connectivity index (χ1v) is 7.73. The molecule has 0 aliphatic carbocycles. The first kappa shape index (κ1) is 13.2. The van der Waals surface area contributed by atoms with Gasteiger partial charge in [-0.05, 0) is 6.92 Å². The lowest BCUT2D eigenvalue weighted by Gasteiger charge is -2.27. The molecule has 1 aromatic rings. The lowest BCUT2D eigenvalue weighted by molar-refractivity contribution is 0.122. The summed E-state index contributed by atoms with van der Waals surface area (Å²) >= 11 is 0. The van der Waals surface area contributed by atoms with Gasteiger partial charge in [0.2, 0.25) is 0 Å². The first-order chi connectivity index (χ1) is 8.45. The second-order valence-corrected chi connectivity index (χ2v) is 6.18. The summed E-state index contributed by atoms with van der Waals surface area (Å²) in [6.07, 6.45) is 1.16. The Morgan fingerprint density at radius 3 is 2.50 bits per heavy atom. The zero-order valence-corrected chi connectivity index (χ0v) is 11.4. The number of nitrogen functional groups attached to an aromatic ring is 1. The average molecular weight is 274 g/mol. The molecule has 2 rings (SSSR count). The van der Waals surface area contributed by atoms with E-state index in [1.54, 1.807) is 0 Å². The molecule has 8 heteroatoms. The Morgan fingerprint density at radius 1 is 1.39 bits per heavy atom. The Bertz CT molecular complexity index is 532. The zero-order chi connectivity index (χ0) is 13.3. The van der Waals surface area contributed by atoms with Crippen LogP contribution in [0.25, 0.3) is 0 Å². The predicted molar refractivity (Wildman–Crippen MR) is 68.5 cm³/mol. The monoisotopic (exact) mass is 274 g/mol. The second kappa shape index (κ2) is 4.77. The van der Waals surface area contributed by atoms with Crippen molar-refractivity contribution in [2.75, 3.05) is 43.2 Å². The molecule has 7 nitrogen and oxygen atoms in total. The molecule has 0 spiro atoms. The van der Waals surface area contributed by atoms with Crippen LogP contribution in [-0.2, 0) is 21.1 Å². The maximum absolute atomic E-state index is 11.9. The fourth-order valence-electron chi connectivity index (χ4n) is 2.02. The molecule has 0 bridgehead atoms. The van der Waals surface area contributed by atoms with Gasteiger partial charge in [0.25, 0.3) is 0 Å². The van der Waals surface area contributed by atoms with Gasteiger partial charge in [-0.25, -0.2) is 13.1 Å². The van der Waals surface area contributed by atoms with E-state index in [9.17, 15) is 8.42 Å². The van der Waals surface area contributed by atoms with Crippen LogP contribution in [0.3, 0.4) is 0 Å². The van der Waals surface area contributed by atoms with Gasteiger partial charge in [0, 0.05) is 25.9 Å². The van der Waals surface area contributed by atoms with E-state index >= 15 is 0 Å². The minimum atomic E-state index is -3.39. The van der Waals surface area contributed by atoms with Gasteiger partial charge >= 0.3 is 0 Å². The van der Waals surface area contributed by atoms with E-state index in [0.29, 0.717) is 38.7 Å². The molecule has 2 N–H and O–H groups in total.